The molecule has 0 aromatic heterocycles. The third-order valence-electron chi connectivity index (χ3n) is 3.30. The van der Waals surface area contributed by atoms with Gasteiger partial charge < -0.3 is 14.7 Å². The van der Waals surface area contributed by atoms with Crippen molar-refractivity contribution in [2.75, 3.05) is 25.4 Å². The van der Waals surface area contributed by atoms with E-state index in [4.69, 9.17) is 21.4 Å². The van der Waals surface area contributed by atoms with Crippen LogP contribution in [0.1, 0.15) is 12.0 Å². The summed E-state index contributed by atoms with van der Waals surface area (Å²) in [7, 11) is 0. The topological polar surface area (TPSA) is 66.8 Å². The molecule has 1 aliphatic heterocycles. The minimum absolute atomic E-state index is 0.0256. The summed E-state index contributed by atoms with van der Waals surface area (Å²) in [6.07, 6.45) is -0.474. The number of halogens is 1. The zero-order valence-electron chi connectivity index (χ0n) is 12.0. The first-order valence-electron chi connectivity index (χ1n) is 6.98. The summed E-state index contributed by atoms with van der Waals surface area (Å²) in [5, 5.41) is 9.48. The molecule has 0 bridgehead atoms. The minimum atomic E-state index is -0.906. The lowest BCUT2D eigenvalue weighted by Gasteiger charge is -2.32. The Hall–Kier alpha value is -1.24. The minimum Gasteiger partial charge on any atom is -0.481 e. The maximum absolute atomic E-state index is 12.2. The van der Waals surface area contributed by atoms with Gasteiger partial charge in [-0.15, -0.1) is 11.8 Å². The van der Waals surface area contributed by atoms with Crippen LogP contribution in [0.2, 0.25) is 5.02 Å². The van der Waals surface area contributed by atoms with Gasteiger partial charge in [0.15, 0.2) is 0 Å². The molecule has 22 heavy (non-hydrogen) atoms. The SMILES string of the molecule is O=C(O)CC1CN(C(=O)CSCc2ccc(Cl)cc2)CCO1. The standard InChI is InChI=1S/C15H18ClNO4S/c16-12-3-1-11(2-4-12)9-22-10-14(18)17-5-6-21-13(8-17)7-15(19)20/h1-4,13H,5-10H2,(H,19,20). The molecule has 0 spiro atoms. The number of morpholine rings is 1. The van der Waals surface area contributed by atoms with Crippen LogP contribution in [0.3, 0.4) is 0 Å². The third kappa shape index (κ3) is 5.51. The van der Waals surface area contributed by atoms with Crippen molar-refractivity contribution in [1.29, 1.82) is 0 Å². The Kier molecular flexibility index (Phi) is 6.54. The molecule has 0 radical (unpaired) electrons. The first kappa shape index (κ1) is 17.1. The zero-order valence-corrected chi connectivity index (χ0v) is 13.6. The molecular weight excluding hydrogens is 326 g/mol. The van der Waals surface area contributed by atoms with Crippen LogP contribution in [-0.2, 0) is 20.1 Å². The van der Waals surface area contributed by atoms with Gasteiger partial charge >= 0.3 is 5.97 Å². The molecule has 120 valence electrons. The molecule has 1 N–H and O–H groups in total. The molecule has 7 heteroatoms. The predicted octanol–water partition coefficient (Wildman–Crippen LogP) is 2.28. The highest BCUT2D eigenvalue weighted by Gasteiger charge is 2.25. The monoisotopic (exact) mass is 343 g/mol. The molecule has 1 aliphatic rings. The molecule has 1 amide bonds. The van der Waals surface area contributed by atoms with Gasteiger partial charge in [0, 0.05) is 23.9 Å². The molecule has 0 saturated carbocycles. The van der Waals surface area contributed by atoms with Crippen LogP contribution in [-0.4, -0.2) is 53.4 Å². The van der Waals surface area contributed by atoms with Crippen molar-refractivity contribution in [1.82, 2.24) is 4.90 Å². The molecule has 2 rings (SSSR count). The van der Waals surface area contributed by atoms with Crippen LogP contribution >= 0.6 is 23.4 Å². The van der Waals surface area contributed by atoms with Crippen LogP contribution in [0.5, 0.6) is 0 Å². The van der Waals surface area contributed by atoms with Crippen molar-refractivity contribution >= 4 is 35.2 Å². The van der Waals surface area contributed by atoms with Crippen LogP contribution in [0, 0.1) is 0 Å². The summed E-state index contributed by atoms with van der Waals surface area (Å²) in [5.74, 6) is 0.239. The van der Waals surface area contributed by atoms with Gasteiger partial charge in [0.05, 0.1) is 24.9 Å². The van der Waals surface area contributed by atoms with Crippen molar-refractivity contribution < 1.29 is 19.4 Å². The van der Waals surface area contributed by atoms with Gasteiger partial charge in [0.1, 0.15) is 0 Å². The summed E-state index contributed by atoms with van der Waals surface area (Å²) >= 11 is 7.36. The molecule has 1 aromatic carbocycles. The van der Waals surface area contributed by atoms with E-state index in [-0.39, 0.29) is 12.3 Å². The van der Waals surface area contributed by atoms with Crippen molar-refractivity contribution in [2.45, 2.75) is 18.3 Å². The lowest BCUT2D eigenvalue weighted by atomic mass is 10.2. The van der Waals surface area contributed by atoms with Gasteiger partial charge in [-0.2, -0.15) is 0 Å². The Labute approximate surface area is 138 Å². The molecular formula is C15H18ClNO4S. The number of ether oxygens (including phenoxy) is 1. The van der Waals surface area contributed by atoms with Gasteiger partial charge in [-0.05, 0) is 17.7 Å². The van der Waals surface area contributed by atoms with Crippen molar-refractivity contribution in [3.8, 4) is 0 Å². The second-order valence-corrected chi connectivity index (χ2v) is 6.47. The summed E-state index contributed by atoms with van der Waals surface area (Å²) in [4.78, 5) is 24.5. The molecule has 0 aliphatic carbocycles. The first-order chi connectivity index (χ1) is 10.5. The Morgan fingerprint density at radius 2 is 2.09 bits per heavy atom. The van der Waals surface area contributed by atoms with Crippen LogP contribution in [0.4, 0.5) is 0 Å². The van der Waals surface area contributed by atoms with E-state index in [2.05, 4.69) is 0 Å². The van der Waals surface area contributed by atoms with E-state index in [0.717, 1.165) is 11.3 Å². The number of carboxylic acid groups (broad SMARTS) is 1. The number of nitrogens with zero attached hydrogens (tertiary/aromatic N) is 1. The van der Waals surface area contributed by atoms with E-state index in [9.17, 15) is 9.59 Å². The fourth-order valence-corrected chi connectivity index (χ4v) is 3.21. The van der Waals surface area contributed by atoms with E-state index in [1.807, 2.05) is 24.3 Å². The number of thioether (sulfide) groups is 1. The number of hydrogen-bond acceptors (Lipinski definition) is 4. The quantitative estimate of drug-likeness (QED) is 0.858. The molecule has 1 unspecified atom stereocenters. The largest absolute Gasteiger partial charge is 0.481 e. The summed E-state index contributed by atoms with van der Waals surface area (Å²) in [6, 6.07) is 7.55. The number of benzene rings is 1. The molecule has 1 aromatic rings. The molecule has 1 heterocycles. The number of carbonyl (C=O) groups excluding carboxylic acids is 1. The Morgan fingerprint density at radius 3 is 2.77 bits per heavy atom. The molecule has 1 atom stereocenters. The first-order valence-corrected chi connectivity index (χ1v) is 8.51. The molecule has 1 saturated heterocycles. The fraction of sp³-hybridized carbons (Fsp3) is 0.467. The summed E-state index contributed by atoms with van der Waals surface area (Å²) in [5.41, 5.74) is 1.12. The van der Waals surface area contributed by atoms with Crippen molar-refractivity contribution in [3.63, 3.8) is 0 Å². The number of carboxylic acids is 1. The van der Waals surface area contributed by atoms with Crippen molar-refractivity contribution in [2.24, 2.45) is 0 Å². The Morgan fingerprint density at radius 1 is 1.36 bits per heavy atom. The number of aliphatic carboxylic acids is 1. The second kappa shape index (κ2) is 8.41. The second-order valence-electron chi connectivity index (χ2n) is 5.05. The molecule has 5 nitrogen and oxygen atoms in total. The van der Waals surface area contributed by atoms with E-state index >= 15 is 0 Å². The number of hydrogen-bond donors (Lipinski definition) is 1. The van der Waals surface area contributed by atoms with E-state index in [1.165, 1.54) is 11.8 Å². The lowest BCUT2D eigenvalue weighted by molar-refractivity contribution is -0.146. The van der Waals surface area contributed by atoms with Gasteiger partial charge in [-0.1, -0.05) is 23.7 Å². The van der Waals surface area contributed by atoms with Gasteiger partial charge in [-0.3, -0.25) is 9.59 Å². The maximum atomic E-state index is 12.2. The van der Waals surface area contributed by atoms with Gasteiger partial charge in [-0.25, -0.2) is 0 Å². The predicted molar refractivity (Wildman–Crippen MR) is 86.2 cm³/mol. The van der Waals surface area contributed by atoms with E-state index in [1.54, 1.807) is 4.90 Å². The third-order valence-corrected chi connectivity index (χ3v) is 4.54. The highest BCUT2D eigenvalue weighted by Crippen LogP contribution is 2.17. The van der Waals surface area contributed by atoms with Gasteiger partial charge in [0.25, 0.3) is 0 Å². The average molecular weight is 344 g/mol. The Bertz CT molecular complexity index is 523. The summed E-state index contributed by atoms with van der Waals surface area (Å²) < 4.78 is 5.36. The molecule has 1 fully saturated rings. The van der Waals surface area contributed by atoms with Gasteiger partial charge in [0.2, 0.25) is 5.91 Å². The van der Waals surface area contributed by atoms with Crippen LogP contribution < -0.4 is 0 Å². The number of amides is 1. The number of rotatable bonds is 6. The van der Waals surface area contributed by atoms with Crippen LogP contribution in [0.25, 0.3) is 0 Å². The van der Waals surface area contributed by atoms with E-state index < -0.39 is 12.1 Å². The Balaban J connectivity index is 1.74. The maximum Gasteiger partial charge on any atom is 0.306 e. The average Bonchev–Trinajstić information content (AvgIpc) is 2.49. The summed E-state index contributed by atoms with van der Waals surface area (Å²) in [6.45, 7) is 1.27. The zero-order chi connectivity index (χ0) is 15.9. The highest BCUT2D eigenvalue weighted by molar-refractivity contribution is 7.99. The van der Waals surface area contributed by atoms with Crippen molar-refractivity contribution in [3.05, 3.63) is 34.9 Å². The van der Waals surface area contributed by atoms with E-state index in [0.29, 0.717) is 30.5 Å². The van der Waals surface area contributed by atoms with Crippen LogP contribution in [0.15, 0.2) is 24.3 Å². The smallest absolute Gasteiger partial charge is 0.306 e. The lowest BCUT2D eigenvalue weighted by Crippen LogP contribution is -2.46. The normalized spacial score (nSPS) is 18.2. The highest BCUT2D eigenvalue weighted by atomic mass is 35.5. The number of carbonyl (C=O) groups is 2. The fourth-order valence-electron chi connectivity index (χ4n) is 2.19.